The van der Waals surface area contributed by atoms with E-state index < -0.39 is 5.97 Å². The maximum absolute atomic E-state index is 13.0. The largest absolute Gasteiger partial charge is 0.454 e. The molecule has 0 aliphatic carbocycles. The Hall–Kier alpha value is -3.02. The zero-order valence-electron chi connectivity index (χ0n) is 17.4. The second kappa shape index (κ2) is 8.61. The first-order valence-electron chi connectivity index (χ1n) is 9.77. The van der Waals surface area contributed by atoms with Crippen molar-refractivity contribution in [3.05, 3.63) is 86.8 Å². The molecule has 0 radical (unpaired) electrons. The third-order valence-electron chi connectivity index (χ3n) is 5.24. The van der Waals surface area contributed by atoms with E-state index in [0.717, 1.165) is 21.6 Å². The van der Waals surface area contributed by atoms with Crippen molar-refractivity contribution < 1.29 is 14.3 Å². The van der Waals surface area contributed by atoms with Crippen LogP contribution in [0.1, 0.15) is 37.4 Å². The smallest absolute Gasteiger partial charge is 0.339 e. The molecule has 4 rings (SSSR count). The van der Waals surface area contributed by atoms with E-state index in [4.69, 9.17) is 16.3 Å². The summed E-state index contributed by atoms with van der Waals surface area (Å²) in [5.74, 6) is -0.782. The predicted octanol–water partition coefficient (Wildman–Crippen LogP) is 6.58. The molecule has 0 N–H and O–H groups in total. The van der Waals surface area contributed by atoms with Crippen molar-refractivity contribution in [2.75, 3.05) is 6.61 Å². The Balaban J connectivity index is 1.63. The molecule has 0 fully saturated rings. The van der Waals surface area contributed by atoms with E-state index in [9.17, 15) is 9.59 Å². The topological polar surface area (TPSA) is 56.3 Å². The molecule has 0 saturated carbocycles. The zero-order valence-corrected chi connectivity index (χ0v) is 18.9. The fourth-order valence-electron chi connectivity index (χ4n) is 3.47. The predicted molar refractivity (Wildman–Crippen MR) is 125 cm³/mol. The van der Waals surface area contributed by atoms with E-state index in [1.807, 2.05) is 63.2 Å². The minimum atomic E-state index is -0.558. The van der Waals surface area contributed by atoms with Gasteiger partial charge in [0, 0.05) is 10.9 Å². The molecular formula is C25H20ClNO3S. The molecule has 0 aliphatic rings. The maximum atomic E-state index is 13.0. The van der Waals surface area contributed by atoms with E-state index >= 15 is 0 Å². The quantitative estimate of drug-likeness (QED) is 0.255. The Morgan fingerprint density at radius 1 is 0.935 bits per heavy atom. The van der Waals surface area contributed by atoms with Gasteiger partial charge in [-0.15, -0.1) is 11.3 Å². The average Bonchev–Trinajstić information content (AvgIpc) is 3.20. The van der Waals surface area contributed by atoms with Crippen LogP contribution < -0.4 is 0 Å². The number of fused-ring (bicyclic) bond motifs is 1. The molecular weight excluding hydrogens is 430 g/mol. The molecule has 0 amide bonds. The van der Waals surface area contributed by atoms with Crippen LogP contribution in [0, 0.1) is 20.8 Å². The molecule has 0 atom stereocenters. The van der Waals surface area contributed by atoms with Crippen LogP contribution in [-0.4, -0.2) is 23.3 Å². The molecule has 0 aliphatic heterocycles. The Kier molecular flexibility index (Phi) is 5.90. The summed E-state index contributed by atoms with van der Waals surface area (Å²) in [7, 11) is 0. The molecule has 0 bridgehead atoms. The average molecular weight is 450 g/mol. The summed E-state index contributed by atoms with van der Waals surface area (Å²) >= 11 is 7.45. The van der Waals surface area contributed by atoms with Crippen LogP contribution in [0.25, 0.3) is 21.5 Å². The first-order valence-corrected chi connectivity index (χ1v) is 11.0. The molecule has 6 heteroatoms. The van der Waals surface area contributed by atoms with Gasteiger partial charge in [0.2, 0.25) is 5.78 Å². The van der Waals surface area contributed by atoms with Crippen LogP contribution in [0.5, 0.6) is 0 Å². The molecule has 0 unspecified atom stereocenters. The summed E-state index contributed by atoms with van der Waals surface area (Å²) in [5.41, 5.74) is 5.27. The summed E-state index contributed by atoms with van der Waals surface area (Å²) in [6.07, 6.45) is 0. The molecule has 0 saturated heterocycles. The molecule has 2 aromatic carbocycles. The van der Waals surface area contributed by atoms with Gasteiger partial charge in [-0.2, -0.15) is 0 Å². The van der Waals surface area contributed by atoms with Gasteiger partial charge >= 0.3 is 5.97 Å². The normalized spacial score (nSPS) is 11.0. The van der Waals surface area contributed by atoms with Crippen molar-refractivity contribution in [1.29, 1.82) is 0 Å². The standard InChI is InChI=1S/C25H20ClNO3S/c1-14-10-16(3)18(11-15(14)2)22(28)13-30-25(29)19-12-21(23-8-9-24(26)31-23)27-20-7-5-4-6-17(19)20/h4-12H,13H2,1-3H3. The van der Waals surface area contributed by atoms with Gasteiger partial charge in [-0.25, -0.2) is 9.78 Å². The van der Waals surface area contributed by atoms with Crippen molar-refractivity contribution in [3.8, 4) is 10.6 Å². The van der Waals surface area contributed by atoms with Crippen molar-refractivity contribution in [2.24, 2.45) is 0 Å². The van der Waals surface area contributed by atoms with Gasteiger partial charge in [0.25, 0.3) is 0 Å². The van der Waals surface area contributed by atoms with Crippen LogP contribution in [0.15, 0.2) is 54.6 Å². The fourth-order valence-corrected chi connectivity index (χ4v) is 4.47. The van der Waals surface area contributed by atoms with E-state index in [2.05, 4.69) is 4.98 Å². The van der Waals surface area contributed by atoms with Gasteiger partial charge in [0.15, 0.2) is 6.61 Å². The number of ether oxygens (including phenoxy) is 1. The minimum Gasteiger partial charge on any atom is -0.454 e. The first-order chi connectivity index (χ1) is 14.8. The van der Waals surface area contributed by atoms with Gasteiger partial charge in [0.1, 0.15) is 0 Å². The highest BCUT2D eigenvalue weighted by molar-refractivity contribution is 7.19. The van der Waals surface area contributed by atoms with Crippen molar-refractivity contribution in [2.45, 2.75) is 20.8 Å². The van der Waals surface area contributed by atoms with Crippen molar-refractivity contribution in [1.82, 2.24) is 4.98 Å². The Morgan fingerprint density at radius 2 is 1.68 bits per heavy atom. The monoisotopic (exact) mass is 449 g/mol. The molecule has 2 heterocycles. The molecule has 4 aromatic rings. The van der Waals surface area contributed by atoms with E-state index in [-0.39, 0.29) is 12.4 Å². The lowest BCUT2D eigenvalue weighted by Gasteiger charge is -2.11. The third-order valence-corrected chi connectivity index (χ3v) is 6.49. The number of esters is 1. The van der Waals surface area contributed by atoms with Gasteiger partial charge in [-0.05, 0) is 67.8 Å². The van der Waals surface area contributed by atoms with Crippen LogP contribution in [0.2, 0.25) is 4.34 Å². The molecule has 31 heavy (non-hydrogen) atoms. The maximum Gasteiger partial charge on any atom is 0.339 e. The van der Waals surface area contributed by atoms with E-state index in [0.29, 0.717) is 32.1 Å². The zero-order chi connectivity index (χ0) is 22.1. The number of aromatic nitrogens is 1. The third kappa shape index (κ3) is 4.38. The molecule has 156 valence electrons. The Bertz CT molecular complexity index is 1330. The number of Topliss-reactive ketones (excluding diaryl/α,β-unsaturated/α-hetero) is 1. The van der Waals surface area contributed by atoms with Gasteiger partial charge < -0.3 is 4.74 Å². The van der Waals surface area contributed by atoms with Crippen LogP contribution >= 0.6 is 22.9 Å². The number of ketones is 1. The van der Waals surface area contributed by atoms with E-state index in [1.165, 1.54) is 11.3 Å². The summed E-state index contributed by atoms with van der Waals surface area (Å²) in [6.45, 7) is 5.53. The lowest BCUT2D eigenvalue weighted by molar-refractivity contribution is 0.0476. The van der Waals surface area contributed by atoms with E-state index in [1.54, 1.807) is 12.1 Å². The number of carbonyl (C=O) groups excluding carboxylic acids is 2. The summed E-state index contributed by atoms with van der Waals surface area (Å²) in [6, 6.07) is 16.5. The van der Waals surface area contributed by atoms with Crippen LogP contribution in [-0.2, 0) is 4.74 Å². The molecule has 0 spiro atoms. The molecule has 4 nitrogen and oxygen atoms in total. The Morgan fingerprint density at radius 3 is 2.42 bits per heavy atom. The number of aryl methyl sites for hydroxylation is 3. The number of carbonyl (C=O) groups is 2. The van der Waals surface area contributed by atoms with Gasteiger partial charge in [-0.3, -0.25) is 4.79 Å². The Labute approximate surface area is 189 Å². The second-order valence-electron chi connectivity index (χ2n) is 7.43. The number of hydrogen-bond acceptors (Lipinski definition) is 5. The lowest BCUT2D eigenvalue weighted by Crippen LogP contribution is -2.16. The number of pyridine rings is 1. The van der Waals surface area contributed by atoms with Crippen LogP contribution in [0.3, 0.4) is 0 Å². The number of nitrogens with zero attached hydrogens (tertiary/aromatic N) is 1. The highest BCUT2D eigenvalue weighted by atomic mass is 35.5. The summed E-state index contributed by atoms with van der Waals surface area (Å²) in [5, 5.41) is 0.675. The first kappa shape index (κ1) is 21.2. The summed E-state index contributed by atoms with van der Waals surface area (Å²) in [4.78, 5) is 31.2. The van der Waals surface area contributed by atoms with Gasteiger partial charge in [-0.1, -0.05) is 35.9 Å². The number of benzene rings is 2. The number of halogens is 1. The van der Waals surface area contributed by atoms with Crippen LogP contribution in [0.4, 0.5) is 0 Å². The number of hydrogen-bond donors (Lipinski definition) is 0. The lowest BCUT2D eigenvalue weighted by atomic mass is 9.98. The number of para-hydroxylation sites is 1. The molecule has 2 aromatic heterocycles. The van der Waals surface area contributed by atoms with Crippen molar-refractivity contribution >= 4 is 45.6 Å². The highest BCUT2D eigenvalue weighted by Crippen LogP contribution is 2.32. The second-order valence-corrected chi connectivity index (χ2v) is 9.14. The fraction of sp³-hybridized carbons (Fsp3) is 0.160. The van der Waals surface area contributed by atoms with Gasteiger partial charge in [0.05, 0.1) is 26.0 Å². The summed E-state index contributed by atoms with van der Waals surface area (Å²) < 4.78 is 6.08. The SMILES string of the molecule is Cc1cc(C)c(C(=O)COC(=O)c2cc(-c3ccc(Cl)s3)nc3ccccc23)cc1C. The van der Waals surface area contributed by atoms with Crippen molar-refractivity contribution in [3.63, 3.8) is 0 Å². The highest BCUT2D eigenvalue weighted by Gasteiger charge is 2.18. The minimum absolute atomic E-state index is 0.224. The number of rotatable bonds is 5. The number of thiophene rings is 1.